The predicted octanol–water partition coefficient (Wildman–Crippen LogP) is 4.44. The smallest absolute Gasteiger partial charge is 0.258 e. The summed E-state index contributed by atoms with van der Waals surface area (Å²) in [5, 5.41) is 9.81. The standard InChI is InChI=1S/C18H15ClFN3O2/c1-10-16(11-3-6-13(25-2)7-4-11)17(23-22-10)21-18(24)14-9-12(20)5-8-15(14)19/h3-9H,1-2H3,(H2,21,22,23,24). The molecular weight excluding hydrogens is 345 g/mol. The molecule has 1 aromatic heterocycles. The summed E-state index contributed by atoms with van der Waals surface area (Å²) in [4.78, 5) is 12.4. The van der Waals surface area contributed by atoms with Crippen LogP contribution in [0.2, 0.25) is 5.02 Å². The third-order valence-corrected chi connectivity index (χ3v) is 4.06. The Morgan fingerprint density at radius 3 is 2.64 bits per heavy atom. The van der Waals surface area contributed by atoms with Crippen molar-refractivity contribution >= 4 is 23.3 Å². The number of aromatic nitrogens is 2. The maximum absolute atomic E-state index is 13.4. The molecule has 2 N–H and O–H groups in total. The van der Waals surface area contributed by atoms with Crippen LogP contribution < -0.4 is 10.1 Å². The van der Waals surface area contributed by atoms with Gasteiger partial charge in [-0.25, -0.2) is 4.39 Å². The summed E-state index contributed by atoms with van der Waals surface area (Å²) in [7, 11) is 1.59. The van der Waals surface area contributed by atoms with Crippen LogP contribution in [0, 0.1) is 12.7 Å². The lowest BCUT2D eigenvalue weighted by Gasteiger charge is -2.08. The molecule has 3 aromatic rings. The van der Waals surface area contributed by atoms with Gasteiger partial charge >= 0.3 is 0 Å². The fraction of sp³-hybridized carbons (Fsp3) is 0.111. The van der Waals surface area contributed by atoms with E-state index in [4.69, 9.17) is 16.3 Å². The highest BCUT2D eigenvalue weighted by atomic mass is 35.5. The quantitative estimate of drug-likeness (QED) is 0.723. The summed E-state index contributed by atoms with van der Waals surface area (Å²) in [6.07, 6.45) is 0. The summed E-state index contributed by atoms with van der Waals surface area (Å²) in [5.41, 5.74) is 2.42. The van der Waals surface area contributed by atoms with Crippen molar-refractivity contribution in [3.63, 3.8) is 0 Å². The van der Waals surface area contributed by atoms with Crippen molar-refractivity contribution in [3.8, 4) is 16.9 Å². The average molecular weight is 360 g/mol. The number of nitrogens with zero attached hydrogens (tertiary/aromatic N) is 1. The highest BCUT2D eigenvalue weighted by molar-refractivity contribution is 6.34. The van der Waals surface area contributed by atoms with E-state index in [0.29, 0.717) is 5.82 Å². The number of anilines is 1. The van der Waals surface area contributed by atoms with Crippen molar-refractivity contribution in [1.29, 1.82) is 0 Å². The molecule has 3 rings (SSSR count). The molecule has 0 aliphatic carbocycles. The molecule has 2 aromatic carbocycles. The van der Waals surface area contributed by atoms with Crippen LogP contribution in [0.5, 0.6) is 5.75 Å². The first-order chi connectivity index (χ1) is 12.0. The minimum absolute atomic E-state index is 0.0444. The van der Waals surface area contributed by atoms with E-state index in [1.807, 2.05) is 31.2 Å². The third-order valence-electron chi connectivity index (χ3n) is 3.73. The van der Waals surface area contributed by atoms with Crippen LogP contribution in [0.3, 0.4) is 0 Å². The third kappa shape index (κ3) is 3.49. The highest BCUT2D eigenvalue weighted by Crippen LogP contribution is 2.31. The van der Waals surface area contributed by atoms with Gasteiger partial charge in [-0.1, -0.05) is 23.7 Å². The first-order valence-corrected chi connectivity index (χ1v) is 7.83. The second-order valence-electron chi connectivity index (χ2n) is 5.38. The van der Waals surface area contributed by atoms with Crippen molar-refractivity contribution in [3.05, 3.63) is 64.6 Å². The number of amides is 1. The molecule has 0 aliphatic heterocycles. The molecule has 1 heterocycles. The van der Waals surface area contributed by atoms with Crippen molar-refractivity contribution in [2.24, 2.45) is 0 Å². The Balaban J connectivity index is 1.93. The van der Waals surface area contributed by atoms with E-state index in [9.17, 15) is 9.18 Å². The zero-order valence-electron chi connectivity index (χ0n) is 13.6. The number of nitrogens with one attached hydrogen (secondary N) is 2. The Morgan fingerprint density at radius 1 is 1.24 bits per heavy atom. The largest absolute Gasteiger partial charge is 0.497 e. The van der Waals surface area contributed by atoms with Crippen molar-refractivity contribution in [1.82, 2.24) is 10.2 Å². The van der Waals surface area contributed by atoms with E-state index in [1.54, 1.807) is 7.11 Å². The van der Waals surface area contributed by atoms with Crippen LogP contribution in [0.4, 0.5) is 10.2 Å². The molecule has 7 heteroatoms. The topological polar surface area (TPSA) is 67.0 Å². The molecule has 0 spiro atoms. The van der Waals surface area contributed by atoms with Gasteiger partial charge in [0, 0.05) is 11.3 Å². The fourth-order valence-corrected chi connectivity index (χ4v) is 2.68. The molecule has 0 saturated carbocycles. The highest BCUT2D eigenvalue weighted by Gasteiger charge is 2.18. The van der Waals surface area contributed by atoms with Gasteiger partial charge in [-0.05, 0) is 42.8 Å². The molecule has 0 fully saturated rings. The molecule has 0 radical (unpaired) electrons. The minimum Gasteiger partial charge on any atom is -0.497 e. The van der Waals surface area contributed by atoms with Crippen molar-refractivity contribution in [2.75, 3.05) is 12.4 Å². The van der Waals surface area contributed by atoms with Crippen molar-refractivity contribution in [2.45, 2.75) is 6.92 Å². The number of hydrogen-bond donors (Lipinski definition) is 2. The Bertz CT molecular complexity index is 923. The van der Waals surface area contributed by atoms with E-state index in [1.165, 1.54) is 12.1 Å². The zero-order valence-corrected chi connectivity index (χ0v) is 14.3. The summed E-state index contributed by atoms with van der Waals surface area (Å²) in [6, 6.07) is 11.0. The second-order valence-corrected chi connectivity index (χ2v) is 5.79. The number of hydrogen-bond acceptors (Lipinski definition) is 3. The molecule has 0 atom stereocenters. The Labute approximate surface area is 148 Å². The second kappa shape index (κ2) is 6.94. The van der Waals surface area contributed by atoms with Gasteiger partial charge in [-0.3, -0.25) is 9.89 Å². The number of halogens is 2. The molecule has 5 nitrogen and oxygen atoms in total. The number of carbonyl (C=O) groups excluding carboxylic acids is 1. The maximum atomic E-state index is 13.4. The molecular formula is C18H15ClFN3O2. The number of methoxy groups -OCH3 is 1. The minimum atomic E-state index is -0.539. The molecule has 0 unspecified atom stereocenters. The first-order valence-electron chi connectivity index (χ1n) is 7.45. The van der Waals surface area contributed by atoms with E-state index < -0.39 is 11.7 Å². The summed E-state index contributed by atoms with van der Waals surface area (Å²) in [5.74, 6) is -0.0103. The lowest BCUT2D eigenvalue weighted by atomic mass is 10.1. The summed E-state index contributed by atoms with van der Waals surface area (Å²) >= 11 is 5.98. The van der Waals surface area contributed by atoms with Crippen LogP contribution >= 0.6 is 11.6 Å². The number of rotatable bonds is 4. The molecule has 1 amide bonds. The lowest BCUT2D eigenvalue weighted by molar-refractivity contribution is 0.102. The van der Waals surface area contributed by atoms with Crippen LogP contribution in [0.15, 0.2) is 42.5 Å². The maximum Gasteiger partial charge on any atom is 0.258 e. The first kappa shape index (κ1) is 17.0. The summed E-state index contributed by atoms with van der Waals surface area (Å²) < 4.78 is 18.5. The SMILES string of the molecule is COc1ccc(-c2c(NC(=O)c3cc(F)ccc3Cl)n[nH]c2C)cc1. The van der Waals surface area contributed by atoms with Gasteiger partial charge in [-0.15, -0.1) is 0 Å². The molecule has 25 heavy (non-hydrogen) atoms. The number of benzene rings is 2. The van der Waals surface area contributed by atoms with Crippen LogP contribution in [-0.2, 0) is 0 Å². The van der Waals surface area contributed by atoms with E-state index in [0.717, 1.165) is 28.6 Å². The van der Waals surface area contributed by atoms with Crippen LogP contribution in [0.1, 0.15) is 16.1 Å². The average Bonchev–Trinajstić information content (AvgIpc) is 2.97. The Hall–Kier alpha value is -2.86. The van der Waals surface area contributed by atoms with E-state index in [-0.39, 0.29) is 10.6 Å². The molecule has 128 valence electrons. The Kier molecular flexibility index (Phi) is 4.72. The molecule has 0 aliphatic rings. The number of carbonyl (C=O) groups is 1. The number of aromatic amines is 1. The molecule has 0 bridgehead atoms. The lowest BCUT2D eigenvalue weighted by Crippen LogP contribution is -2.13. The van der Waals surface area contributed by atoms with Crippen molar-refractivity contribution < 1.29 is 13.9 Å². The van der Waals surface area contributed by atoms with E-state index >= 15 is 0 Å². The van der Waals surface area contributed by atoms with Gasteiger partial charge in [0.2, 0.25) is 0 Å². The van der Waals surface area contributed by atoms with Gasteiger partial charge < -0.3 is 10.1 Å². The van der Waals surface area contributed by atoms with Crippen LogP contribution in [-0.4, -0.2) is 23.2 Å². The number of H-pyrrole nitrogens is 1. The number of ether oxygens (including phenoxy) is 1. The van der Waals surface area contributed by atoms with Gasteiger partial charge in [0.15, 0.2) is 5.82 Å². The monoisotopic (exact) mass is 359 g/mol. The summed E-state index contributed by atoms with van der Waals surface area (Å²) in [6.45, 7) is 1.84. The Morgan fingerprint density at radius 2 is 1.96 bits per heavy atom. The normalized spacial score (nSPS) is 10.6. The van der Waals surface area contributed by atoms with Gasteiger partial charge in [0.25, 0.3) is 5.91 Å². The predicted molar refractivity (Wildman–Crippen MR) is 94.7 cm³/mol. The molecule has 0 saturated heterocycles. The van der Waals surface area contributed by atoms with Gasteiger partial charge in [0.1, 0.15) is 11.6 Å². The zero-order chi connectivity index (χ0) is 18.0. The number of aryl methyl sites for hydroxylation is 1. The van der Waals surface area contributed by atoms with Crippen LogP contribution in [0.25, 0.3) is 11.1 Å². The van der Waals surface area contributed by atoms with E-state index in [2.05, 4.69) is 15.5 Å². The fourth-order valence-electron chi connectivity index (χ4n) is 2.48. The van der Waals surface area contributed by atoms with Gasteiger partial charge in [-0.2, -0.15) is 5.10 Å². The van der Waals surface area contributed by atoms with Gasteiger partial charge in [0.05, 0.1) is 17.7 Å².